The van der Waals surface area contributed by atoms with Crippen LogP contribution in [0, 0.1) is 0 Å². The fourth-order valence-corrected chi connectivity index (χ4v) is 2.23. The molecule has 82 valence electrons. The largest absolute Gasteiger partial charge is 0.330 e. The molecule has 0 bridgehead atoms. The van der Waals surface area contributed by atoms with E-state index in [9.17, 15) is 0 Å². The van der Waals surface area contributed by atoms with Crippen molar-refractivity contribution in [2.24, 2.45) is 5.73 Å². The predicted molar refractivity (Wildman–Crippen MR) is 62.9 cm³/mol. The molecule has 0 aromatic carbocycles. The van der Waals surface area contributed by atoms with Crippen LogP contribution < -0.4 is 5.73 Å². The van der Waals surface area contributed by atoms with E-state index in [0.717, 1.165) is 6.54 Å². The van der Waals surface area contributed by atoms with E-state index in [4.69, 9.17) is 5.73 Å². The summed E-state index contributed by atoms with van der Waals surface area (Å²) in [6.45, 7) is 5.12. The lowest BCUT2D eigenvalue weighted by atomic mass is 9.66. The molecule has 1 aliphatic rings. The number of rotatable bonds is 3. The van der Waals surface area contributed by atoms with Crippen LogP contribution >= 0.6 is 0 Å². The summed E-state index contributed by atoms with van der Waals surface area (Å²) >= 11 is 0. The standard InChI is InChI=1S/C13H20N2/c1-10(2)11-4-5-12(15-8-11)13(9-14)6-3-7-13/h4-5,8,10H,3,6-7,9,14H2,1-2H3. The van der Waals surface area contributed by atoms with Gasteiger partial charge in [-0.1, -0.05) is 26.3 Å². The molecule has 2 N–H and O–H groups in total. The lowest BCUT2D eigenvalue weighted by molar-refractivity contribution is 0.246. The van der Waals surface area contributed by atoms with E-state index in [-0.39, 0.29) is 5.41 Å². The Balaban J connectivity index is 2.23. The zero-order chi connectivity index (χ0) is 10.9. The predicted octanol–water partition coefficient (Wildman–Crippen LogP) is 2.59. The van der Waals surface area contributed by atoms with Crippen LogP contribution in [0.3, 0.4) is 0 Å². The highest BCUT2D eigenvalue weighted by atomic mass is 14.8. The number of aromatic nitrogens is 1. The van der Waals surface area contributed by atoms with Crippen LogP contribution in [-0.4, -0.2) is 11.5 Å². The monoisotopic (exact) mass is 204 g/mol. The van der Waals surface area contributed by atoms with Gasteiger partial charge in [0, 0.05) is 23.9 Å². The molecule has 1 saturated carbocycles. The van der Waals surface area contributed by atoms with E-state index in [0.29, 0.717) is 5.92 Å². The van der Waals surface area contributed by atoms with E-state index >= 15 is 0 Å². The average molecular weight is 204 g/mol. The smallest absolute Gasteiger partial charge is 0.0478 e. The fraction of sp³-hybridized carbons (Fsp3) is 0.615. The molecule has 0 radical (unpaired) electrons. The van der Waals surface area contributed by atoms with Gasteiger partial charge in [-0.25, -0.2) is 0 Å². The van der Waals surface area contributed by atoms with Crippen molar-refractivity contribution in [3.63, 3.8) is 0 Å². The summed E-state index contributed by atoms with van der Waals surface area (Å²) in [5.41, 5.74) is 8.57. The number of hydrogen-bond acceptors (Lipinski definition) is 2. The second-order valence-electron chi connectivity index (χ2n) is 4.97. The van der Waals surface area contributed by atoms with Gasteiger partial charge >= 0.3 is 0 Å². The lowest BCUT2D eigenvalue weighted by Gasteiger charge is -2.40. The Morgan fingerprint density at radius 3 is 2.47 bits per heavy atom. The quantitative estimate of drug-likeness (QED) is 0.822. The summed E-state index contributed by atoms with van der Waals surface area (Å²) in [5.74, 6) is 0.557. The minimum atomic E-state index is 0.204. The van der Waals surface area contributed by atoms with Gasteiger partial charge in [0.15, 0.2) is 0 Å². The molecule has 0 unspecified atom stereocenters. The minimum absolute atomic E-state index is 0.204. The van der Waals surface area contributed by atoms with Gasteiger partial charge < -0.3 is 5.73 Å². The fourth-order valence-electron chi connectivity index (χ4n) is 2.23. The van der Waals surface area contributed by atoms with Crippen molar-refractivity contribution in [2.45, 2.75) is 44.4 Å². The third kappa shape index (κ3) is 1.78. The number of nitrogens with two attached hydrogens (primary N) is 1. The first-order chi connectivity index (χ1) is 7.18. The first-order valence-electron chi connectivity index (χ1n) is 5.84. The molecule has 15 heavy (non-hydrogen) atoms. The van der Waals surface area contributed by atoms with Crippen LogP contribution in [0.1, 0.15) is 50.3 Å². The number of pyridine rings is 1. The Morgan fingerprint density at radius 1 is 1.40 bits per heavy atom. The molecule has 1 heterocycles. The summed E-state index contributed by atoms with van der Waals surface area (Å²) < 4.78 is 0. The second-order valence-corrected chi connectivity index (χ2v) is 4.97. The van der Waals surface area contributed by atoms with Crippen molar-refractivity contribution in [1.29, 1.82) is 0 Å². The highest BCUT2D eigenvalue weighted by molar-refractivity contribution is 5.25. The maximum absolute atomic E-state index is 5.86. The second kappa shape index (κ2) is 3.93. The van der Waals surface area contributed by atoms with Crippen molar-refractivity contribution in [3.05, 3.63) is 29.6 Å². The van der Waals surface area contributed by atoms with Crippen LogP contribution in [-0.2, 0) is 5.41 Å². The molecule has 1 aromatic heterocycles. The molecule has 0 saturated heterocycles. The Bertz CT molecular complexity index is 317. The molecule has 0 amide bonds. The molecular formula is C13H20N2. The minimum Gasteiger partial charge on any atom is -0.330 e. The Labute approximate surface area is 91.9 Å². The van der Waals surface area contributed by atoms with Gasteiger partial charge in [0.05, 0.1) is 0 Å². The summed E-state index contributed by atoms with van der Waals surface area (Å²) in [7, 11) is 0. The van der Waals surface area contributed by atoms with Crippen LogP contribution in [0.15, 0.2) is 18.3 Å². The van der Waals surface area contributed by atoms with E-state index < -0.39 is 0 Å². The highest BCUT2D eigenvalue weighted by Crippen LogP contribution is 2.41. The molecule has 1 fully saturated rings. The maximum atomic E-state index is 5.86. The van der Waals surface area contributed by atoms with Crippen LogP contribution in [0.2, 0.25) is 0 Å². The molecule has 2 nitrogen and oxygen atoms in total. The number of hydrogen-bond donors (Lipinski definition) is 1. The van der Waals surface area contributed by atoms with Gasteiger partial charge in [0.25, 0.3) is 0 Å². The van der Waals surface area contributed by atoms with Crippen molar-refractivity contribution in [1.82, 2.24) is 4.98 Å². The summed E-state index contributed by atoms with van der Waals surface area (Å²) in [5, 5.41) is 0. The van der Waals surface area contributed by atoms with Crippen molar-refractivity contribution in [3.8, 4) is 0 Å². The molecule has 0 spiro atoms. The third-order valence-electron chi connectivity index (χ3n) is 3.70. The van der Waals surface area contributed by atoms with E-state index in [1.54, 1.807) is 0 Å². The molecule has 2 rings (SSSR count). The molecule has 1 aromatic rings. The molecule has 2 heteroatoms. The van der Waals surface area contributed by atoms with Crippen LogP contribution in [0.25, 0.3) is 0 Å². The molecule has 1 aliphatic carbocycles. The Morgan fingerprint density at radius 2 is 2.13 bits per heavy atom. The van der Waals surface area contributed by atoms with Crippen LogP contribution in [0.5, 0.6) is 0 Å². The summed E-state index contributed by atoms with van der Waals surface area (Å²) in [4.78, 5) is 4.58. The van der Waals surface area contributed by atoms with Gasteiger partial charge in [-0.3, -0.25) is 4.98 Å². The van der Waals surface area contributed by atoms with E-state index in [1.165, 1.54) is 30.5 Å². The Kier molecular flexibility index (Phi) is 2.79. The molecular weight excluding hydrogens is 184 g/mol. The lowest BCUT2D eigenvalue weighted by Crippen LogP contribution is -2.42. The van der Waals surface area contributed by atoms with E-state index in [2.05, 4.69) is 31.0 Å². The van der Waals surface area contributed by atoms with E-state index in [1.807, 2.05) is 6.20 Å². The van der Waals surface area contributed by atoms with Crippen molar-refractivity contribution < 1.29 is 0 Å². The maximum Gasteiger partial charge on any atom is 0.0478 e. The van der Waals surface area contributed by atoms with Gasteiger partial charge in [-0.2, -0.15) is 0 Å². The SMILES string of the molecule is CC(C)c1ccc(C2(CN)CCC2)nc1. The van der Waals surface area contributed by atoms with Crippen LogP contribution in [0.4, 0.5) is 0 Å². The first-order valence-corrected chi connectivity index (χ1v) is 5.84. The first kappa shape index (κ1) is 10.6. The summed E-state index contributed by atoms with van der Waals surface area (Å²) in [6.07, 6.45) is 5.72. The Hall–Kier alpha value is -0.890. The molecule has 0 atom stereocenters. The zero-order valence-corrected chi connectivity index (χ0v) is 9.66. The molecule has 0 aliphatic heterocycles. The van der Waals surface area contributed by atoms with Gasteiger partial charge in [0.1, 0.15) is 0 Å². The topological polar surface area (TPSA) is 38.9 Å². The third-order valence-corrected chi connectivity index (χ3v) is 3.70. The van der Waals surface area contributed by atoms with Gasteiger partial charge in [-0.05, 0) is 30.4 Å². The average Bonchev–Trinajstić information content (AvgIpc) is 2.18. The normalized spacial score (nSPS) is 18.9. The van der Waals surface area contributed by atoms with Crippen molar-refractivity contribution in [2.75, 3.05) is 6.54 Å². The summed E-state index contributed by atoms with van der Waals surface area (Å²) in [6, 6.07) is 4.37. The van der Waals surface area contributed by atoms with Gasteiger partial charge in [-0.15, -0.1) is 0 Å². The number of nitrogens with zero attached hydrogens (tertiary/aromatic N) is 1. The zero-order valence-electron chi connectivity index (χ0n) is 9.66. The van der Waals surface area contributed by atoms with Crippen molar-refractivity contribution >= 4 is 0 Å². The highest BCUT2D eigenvalue weighted by Gasteiger charge is 2.38. The van der Waals surface area contributed by atoms with Gasteiger partial charge in [0.2, 0.25) is 0 Å².